The van der Waals surface area contributed by atoms with Crippen molar-refractivity contribution in [1.29, 1.82) is 0 Å². The first-order valence-corrected chi connectivity index (χ1v) is 7.53. The molecule has 2 aromatic carbocycles. The molecule has 4 N–H and O–H groups in total. The molecule has 1 aliphatic rings. The van der Waals surface area contributed by atoms with Crippen LogP contribution in [0.15, 0.2) is 36.4 Å². The number of H-pyrrole nitrogens is 1. The number of phenolic OH excluding ortho intramolecular Hbond substituents is 1. The zero-order chi connectivity index (χ0) is 17.7. The zero-order valence-electron chi connectivity index (χ0n) is 12.8. The normalized spacial score (nSPS) is 16.0. The fourth-order valence-corrected chi connectivity index (χ4v) is 3.39. The van der Waals surface area contributed by atoms with Crippen molar-refractivity contribution in [3.8, 4) is 5.75 Å². The molecule has 0 unspecified atom stereocenters. The number of nitrogens with zero attached hydrogens (tertiary/aromatic N) is 1. The van der Waals surface area contributed by atoms with Crippen LogP contribution in [0.3, 0.4) is 0 Å². The summed E-state index contributed by atoms with van der Waals surface area (Å²) in [6.07, 6.45) is 0. The average molecular weight is 339 g/mol. The van der Waals surface area contributed by atoms with E-state index in [2.05, 4.69) is 10.3 Å². The Hall–Kier alpha value is -3.39. The number of non-ortho nitro benzene ring substituents is 1. The Bertz CT molecular complexity index is 1040. The molecule has 0 spiro atoms. The van der Waals surface area contributed by atoms with E-state index in [1.54, 1.807) is 12.1 Å². The summed E-state index contributed by atoms with van der Waals surface area (Å²) in [5, 5.41) is 34.1. The first-order chi connectivity index (χ1) is 12.0. The number of hydrogen-bond acceptors (Lipinski definition) is 5. The molecule has 2 heterocycles. The van der Waals surface area contributed by atoms with E-state index in [-0.39, 0.29) is 29.5 Å². The smallest absolute Gasteiger partial charge is 0.293 e. The number of hydrogen-bond donors (Lipinski definition) is 4. The number of carbonyl (C=O) groups excluding carboxylic acids is 1. The number of aromatic nitrogens is 1. The summed E-state index contributed by atoms with van der Waals surface area (Å²) >= 11 is 0. The standard InChI is InChI=1S/C17H13N3O5/c21-7-12-14(10-2-1-3-13(20(24)25)15(10)18-12)16-11-6-8(22)4-5-9(11)17(23)19-16/h1-6,16,18,21-22H,7H2,(H,19,23)/t16-/m1/s1. The number of nitrogens with one attached hydrogen (secondary N) is 2. The third-order valence-corrected chi connectivity index (χ3v) is 4.44. The van der Waals surface area contributed by atoms with Gasteiger partial charge in [0.2, 0.25) is 0 Å². The molecule has 25 heavy (non-hydrogen) atoms. The largest absolute Gasteiger partial charge is 0.508 e. The summed E-state index contributed by atoms with van der Waals surface area (Å²) in [6, 6.07) is 8.43. The maximum atomic E-state index is 12.2. The average Bonchev–Trinajstić information content (AvgIpc) is 3.11. The van der Waals surface area contributed by atoms with Crippen LogP contribution in [-0.4, -0.2) is 26.0 Å². The third kappa shape index (κ3) is 2.15. The molecule has 1 atom stereocenters. The van der Waals surface area contributed by atoms with Gasteiger partial charge in [0.25, 0.3) is 11.6 Å². The molecule has 126 valence electrons. The van der Waals surface area contributed by atoms with Gasteiger partial charge in [0, 0.05) is 28.3 Å². The van der Waals surface area contributed by atoms with Crippen molar-refractivity contribution < 1.29 is 19.9 Å². The Morgan fingerprint density at radius 3 is 2.76 bits per heavy atom. The molecule has 0 saturated heterocycles. The number of aliphatic hydroxyl groups is 1. The van der Waals surface area contributed by atoms with Gasteiger partial charge in [-0.2, -0.15) is 0 Å². The maximum Gasteiger partial charge on any atom is 0.293 e. The van der Waals surface area contributed by atoms with Crippen molar-refractivity contribution >= 4 is 22.5 Å². The van der Waals surface area contributed by atoms with Crippen LogP contribution in [0.1, 0.15) is 33.2 Å². The molecule has 1 aliphatic heterocycles. The third-order valence-electron chi connectivity index (χ3n) is 4.44. The second-order valence-electron chi connectivity index (χ2n) is 5.81. The topological polar surface area (TPSA) is 128 Å². The molecule has 8 nitrogen and oxygen atoms in total. The van der Waals surface area contributed by atoms with Gasteiger partial charge in [0.15, 0.2) is 0 Å². The predicted octanol–water partition coefficient (Wildman–Crippen LogP) is 2.11. The number of amides is 1. The Balaban J connectivity index is 2.00. The molecule has 0 radical (unpaired) electrons. The number of nitro benzene ring substituents is 1. The Labute approximate surface area is 140 Å². The highest BCUT2D eigenvalue weighted by Crippen LogP contribution is 2.40. The summed E-state index contributed by atoms with van der Waals surface area (Å²) in [6.45, 7) is -0.373. The molecule has 1 aromatic heterocycles. The number of aromatic amines is 1. The Kier molecular flexibility index (Phi) is 3.22. The molecule has 3 aromatic rings. The molecular weight excluding hydrogens is 326 g/mol. The van der Waals surface area contributed by atoms with Crippen molar-refractivity contribution in [3.05, 3.63) is 68.9 Å². The summed E-state index contributed by atoms with van der Waals surface area (Å²) in [7, 11) is 0. The molecule has 0 bridgehead atoms. The number of carbonyl (C=O) groups is 1. The van der Waals surface area contributed by atoms with Crippen molar-refractivity contribution in [1.82, 2.24) is 10.3 Å². The van der Waals surface area contributed by atoms with E-state index >= 15 is 0 Å². The first-order valence-electron chi connectivity index (χ1n) is 7.53. The van der Waals surface area contributed by atoms with Crippen LogP contribution in [-0.2, 0) is 6.61 Å². The van der Waals surface area contributed by atoms with Crippen molar-refractivity contribution in [2.75, 3.05) is 0 Å². The van der Waals surface area contributed by atoms with E-state index in [9.17, 15) is 25.1 Å². The summed E-state index contributed by atoms with van der Waals surface area (Å²) in [5.74, 6) is -0.291. The van der Waals surface area contributed by atoms with Gasteiger partial charge in [-0.1, -0.05) is 12.1 Å². The number of nitro groups is 1. The summed E-state index contributed by atoms with van der Waals surface area (Å²) in [5.41, 5.74) is 2.09. The van der Waals surface area contributed by atoms with E-state index in [0.29, 0.717) is 27.8 Å². The van der Waals surface area contributed by atoms with E-state index in [4.69, 9.17) is 0 Å². The van der Waals surface area contributed by atoms with Crippen LogP contribution in [0, 0.1) is 10.1 Å². The number of benzene rings is 2. The molecule has 1 amide bonds. The lowest BCUT2D eigenvalue weighted by Crippen LogP contribution is -2.20. The number of aromatic hydroxyl groups is 1. The minimum absolute atomic E-state index is 0.0108. The number of para-hydroxylation sites is 1. The molecule has 0 fully saturated rings. The van der Waals surface area contributed by atoms with Crippen LogP contribution >= 0.6 is 0 Å². The van der Waals surface area contributed by atoms with Crippen molar-refractivity contribution in [2.45, 2.75) is 12.6 Å². The van der Waals surface area contributed by atoms with Crippen LogP contribution in [0.4, 0.5) is 5.69 Å². The minimum atomic E-state index is -0.618. The number of aliphatic hydroxyl groups excluding tert-OH is 1. The fraction of sp³-hybridized carbons (Fsp3) is 0.118. The van der Waals surface area contributed by atoms with Crippen LogP contribution < -0.4 is 5.32 Å². The maximum absolute atomic E-state index is 12.2. The van der Waals surface area contributed by atoms with Crippen LogP contribution in [0.5, 0.6) is 5.75 Å². The van der Waals surface area contributed by atoms with Crippen molar-refractivity contribution in [3.63, 3.8) is 0 Å². The molecule has 0 aliphatic carbocycles. The first kappa shape index (κ1) is 15.2. The van der Waals surface area contributed by atoms with E-state index in [1.165, 1.54) is 24.3 Å². The lowest BCUT2D eigenvalue weighted by molar-refractivity contribution is -0.383. The van der Waals surface area contributed by atoms with Gasteiger partial charge in [0.1, 0.15) is 11.3 Å². The highest BCUT2D eigenvalue weighted by molar-refractivity contribution is 6.01. The van der Waals surface area contributed by atoms with E-state index in [1.807, 2.05) is 0 Å². The molecule has 0 saturated carbocycles. The van der Waals surface area contributed by atoms with Crippen LogP contribution in [0.25, 0.3) is 10.9 Å². The highest BCUT2D eigenvalue weighted by atomic mass is 16.6. The van der Waals surface area contributed by atoms with Crippen molar-refractivity contribution in [2.24, 2.45) is 0 Å². The van der Waals surface area contributed by atoms with Gasteiger partial charge >= 0.3 is 0 Å². The number of rotatable bonds is 3. The SMILES string of the molecule is O=C1N[C@@H](c2c(CO)[nH]c3c([N+](=O)[O-])cccc23)c2cc(O)ccc21. The van der Waals surface area contributed by atoms with E-state index < -0.39 is 11.0 Å². The van der Waals surface area contributed by atoms with Gasteiger partial charge < -0.3 is 20.5 Å². The Morgan fingerprint density at radius 1 is 1.24 bits per heavy atom. The predicted molar refractivity (Wildman–Crippen MR) is 88.3 cm³/mol. The number of fused-ring (bicyclic) bond motifs is 2. The number of phenols is 1. The van der Waals surface area contributed by atoms with Crippen LogP contribution in [0.2, 0.25) is 0 Å². The van der Waals surface area contributed by atoms with Gasteiger partial charge in [-0.05, 0) is 23.8 Å². The highest BCUT2D eigenvalue weighted by Gasteiger charge is 2.34. The van der Waals surface area contributed by atoms with E-state index in [0.717, 1.165) is 0 Å². The fourth-order valence-electron chi connectivity index (χ4n) is 3.39. The summed E-state index contributed by atoms with van der Waals surface area (Å²) < 4.78 is 0. The summed E-state index contributed by atoms with van der Waals surface area (Å²) in [4.78, 5) is 25.9. The van der Waals surface area contributed by atoms with Gasteiger partial charge in [-0.3, -0.25) is 14.9 Å². The second kappa shape index (κ2) is 5.32. The quantitative estimate of drug-likeness (QED) is 0.429. The lowest BCUT2D eigenvalue weighted by atomic mass is 9.95. The lowest BCUT2D eigenvalue weighted by Gasteiger charge is -2.13. The molecule has 4 rings (SSSR count). The second-order valence-corrected chi connectivity index (χ2v) is 5.81. The monoisotopic (exact) mass is 339 g/mol. The van der Waals surface area contributed by atoms with Gasteiger partial charge in [0.05, 0.1) is 17.6 Å². The minimum Gasteiger partial charge on any atom is -0.508 e. The zero-order valence-corrected chi connectivity index (χ0v) is 12.8. The Morgan fingerprint density at radius 2 is 2.04 bits per heavy atom. The van der Waals surface area contributed by atoms with Gasteiger partial charge in [-0.15, -0.1) is 0 Å². The molecular formula is C17H13N3O5. The molecule has 8 heteroatoms. The van der Waals surface area contributed by atoms with Gasteiger partial charge in [-0.25, -0.2) is 0 Å².